The van der Waals surface area contributed by atoms with Crippen molar-refractivity contribution in [1.29, 1.82) is 0 Å². The summed E-state index contributed by atoms with van der Waals surface area (Å²) < 4.78 is 57.7. The Bertz CT molecular complexity index is 1580. The minimum atomic E-state index is -4.55. The van der Waals surface area contributed by atoms with Gasteiger partial charge in [-0.15, -0.1) is 0 Å². The van der Waals surface area contributed by atoms with E-state index in [0.717, 1.165) is 28.3 Å². The van der Waals surface area contributed by atoms with Gasteiger partial charge in [-0.3, -0.25) is 9.69 Å². The van der Waals surface area contributed by atoms with E-state index < -0.39 is 23.8 Å². The summed E-state index contributed by atoms with van der Waals surface area (Å²) in [6.07, 6.45) is -2.65. The fourth-order valence-electron chi connectivity index (χ4n) is 6.68. The first-order valence-electron chi connectivity index (χ1n) is 14.3. The number of fused-ring (bicyclic) bond motifs is 2. The highest BCUT2D eigenvalue weighted by Crippen LogP contribution is 2.43. The maximum atomic E-state index is 14.9. The Balaban J connectivity index is 0.00000368. The predicted octanol–water partition coefficient (Wildman–Crippen LogP) is 8.01. The van der Waals surface area contributed by atoms with Crippen LogP contribution >= 0.6 is 0 Å². The first-order valence-corrected chi connectivity index (χ1v) is 14.3. The van der Waals surface area contributed by atoms with Crippen LogP contribution in [0.25, 0.3) is 0 Å². The van der Waals surface area contributed by atoms with Crippen molar-refractivity contribution in [2.24, 2.45) is 0 Å². The largest absolute Gasteiger partial charge is 0.416 e. The van der Waals surface area contributed by atoms with Gasteiger partial charge in [-0.05, 0) is 66.1 Å². The Morgan fingerprint density at radius 1 is 0.837 bits per heavy atom. The smallest absolute Gasteiger partial charge is 0.333 e. The maximum absolute atomic E-state index is 14.9. The second-order valence-corrected chi connectivity index (χ2v) is 11.2. The molecule has 3 nitrogen and oxygen atoms in total. The Hall–Kier alpha value is -3.97. The number of nitrogens with zero attached hydrogens (tertiary/aromatic N) is 2. The van der Waals surface area contributed by atoms with E-state index in [0.29, 0.717) is 31.4 Å². The van der Waals surface area contributed by atoms with Crippen molar-refractivity contribution in [3.63, 3.8) is 0 Å². The Kier molecular flexibility index (Phi) is 8.74. The van der Waals surface area contributed by atoms with Crippen molar-refractivity contribution < 1.29 is 22.4 Å². The molecule has 0 unspecified atom stereocenters. The topological polar surface area (TPSA) is 23.6 Å². The number of rotatable bonds is 6. The van der Waals surface area contributed by atoms with Crippen LogP contribution in [0.5, 0.6) is 0 Å². The molecule has 1 aliphatic carbocycles. The monoisotopic (exact) mass is 588 g/mol. The molecule has 0 N–H and O–H groups in total. The zero-order chi connectivity index (χ0) is 29.4. The van der Waals surface area contributed by atoms with Gasteiger partial charge < -0.3 is 4.90 Å². The third-order valence-corrected chi connectivity index (χ3v) is 8.79. The van der Waals surface area contributed by atoms with E-state index >= 15 is 0 Å². The molecule has 2 aliphatic rings. The van der Waals surface area contributed by atoms with Crippen molar-refractivity contribution >= 4 is 5.91 Å². The fourth-order valence-corrected chi connectivity index (χ4v) is 6.68. The molecular formula is C36H36F4N2O. The molecule has 0 saturated carbocycles. The van der Waals surface area contributed by atoms with Crippen molar-refractivity contribution in [3.05, 3.63) is 142 Å². The van der Waals surface area contributed by atoms with E-state index in [-0.39, 0.29) is 37.3 Å². The molecule has 224 valence electrons. The van der Waals surface area contributed by atoms with E-state index in [4.69, 9.17) is 0 Å². The van der Waals surface area contributed by atoms with Crippen LogP contribution in [0.4, 0.5) is 17.6 Å². The molecule has 0 fully saturated rings. The molecule has 4 aromatic rings. The zero-order valence-electron chi connectivity index (χ0n) is 23.3. The van der Waals surface area contributed by atoms with Crippen LogP contribution in [-0.2, 0) is 36.8 Å². The van der Waals surface area contributed by atoms with Gasteiger partial charge in [-0.1, -0.05) is 92.4 Å². The van der Waals surface area contributed by atoms with Gasteiger partial charge in [-0.2, -0.15) is 13.2 Å². The summed E-state index contributed by atoms with van der Waals surface area (Å²) in [4.78, 5) is 18.1. The number of carbonyl (C=O) groups is 1. The van der Waals surface area contributed by atoms with Crippen LogP contribution in [0, 0.1) is 5.82 Å². The van der Waals surface area contributed by atoms with Crippen molar-refractivity contribution in [3.8, 4) is 0 Å². The van der Waals surface area contributed by atoms with Crippen LogP contribution in [0.2, 0.25) is 0 Å². The number of hydrogen-bond donors (Lipinski definition) is 0. The fraction of sp³-hybridized carbons (Fsp3) is 0.306. The highest BCUT2D eigenvalue weighted by Gasteiger charge is 2.42. The first kappa shape index (κ1) is 30.5. The van der Waals surface area contributed by atoms with E-state index in [2.05, 4.69) is 12.1 Å². The predicted molar refractivity (Wildman–Crippen MR) is 161 cm³/mol. The van der Waals surface area contributed by atoms with Gasteiger partial charge in [0.05, 0.1) is 17.6 Å². The van der Waals surface area contributed by atoms with Gasteiger partial charge in [0.25, 0.3) is 0 Å². The normalized spacial score (nSPS) is 17.5. The number of hydrogen-bond acceptors (Lipinski definition) is 2. The first-order chi connectivity index (χ1) is 20.2. The van der Waals surface area contributed by atoms with Gasteiger partial charge in [0, 0.05) is 24.7 Å². The summed E-state index contributed by atoms with van der Waals surface area (Å²) >= 11 is 0. The van der Waals surface area contributed by atoms with Gasteiger partial charge >= 0.3 is 6.18 Å². The molecule has 0 bridgehead atoms. The maximum Gasteiger partial charge on any atom is 0.416 e. The summed E-state index contributed by atoms with van der Waals surface area (Å²) in [5.74, 6) is -0.604. The molecule has 0 aromatic heterocycles. The quantitative estimate of drug-likeness (QED) is 0.213. The molecule has 1 amide bonds. The molecule has 1 aliphatic heterocycles. The van der Waals surface area contributed by atoms with Gasteiger partial charge in [-0.25, -0.2) is 4.39 Å². The SMILES string of the molecule is C.C[C@@H](C(=O)N(Cc1ccccc1F)C1Cc2ccccc2C1)N1CCc2ccccc2[C@@H]1c1ccccc1C(F)(F)F. The summed E-state index contributed by atoms with van der Waals surface area (Å²) in [6, 6.07) is 26.0. The van der Waals surface area contributed by atoms with Crippen LogP contribution < -0.4 is 0 Å². The second-order valence-electron chi connectivity index (χ2n) is 11.2. The summed E-state index contributed by atoms with van der Waals surface area (Å²) in [5.41, 5.74) is 3.91. The Morgan fingerprint density at radius 2 is 1.40 bits per heavy atom. The Labute approximate surface area is 250 Å². The summed E-state index contributed by atoms with van der Waals surface area (Å²) in [6.45, 7) is 2.28. The molecule has 4 aromatic carbocycles. The molecule has 0 radical (unpaired) electrons. The molecule has 0 saturated heterocycles. The average molecular weight is 589 g/mol. The number of halogens is 4. The molecule has 43 heavy (non-hydrogen) atoms. The lowest BCUT2D eigenvalue weighted by molar-refractivity contribution is -0.141. The number of alkyl halides is 3. The van der Waals surface area contributed by atoms with Gasteiger partial charge in [0.2, 0.25) is 5.91 Å². The molecule has 7 heteroatoms. The van der Waals surface area contributed by atoms with E-state index in [1.165, 1.54) is 18.2 Å². The van der Waals surface area contributed by atoms with Crippen molar-refractivity contribution in [2.75, 3.05) is 6.54 Å². The lowest BCUT2D eigenvalue weighted by Crippen LogP contribution is -2.53. The molecule has 2 atom stereocenters. The minimum Gasteiger partial charge on any atom is -0.333 e. The third-order valence-electron chi connectivity index (χ3n) is 8.79. The van der Waals surface area contributed by atoms with Crippen LogP contribution in [0.1, 0.15) is 59.3 Å². The van der Waals surface area contributed by atoms with E-state index in [9.17, 15) is 22.4 Å². The summed E-state index contributed by atoms with van der Waals surface area (Å²) in [7, 11) is 0. The van der Waals surface area contributed by atoms with Crippen LogP contribution in [-0.4, -0.2) is 34.3 Å². The average Bonchev–Trinajstić information content (AvgIpc) is 3.43. The lowest BCUT2D eigenvalue weighted by Gasteiger charge is -2.43. The van der Waals surface area contributed by atoms with Crippen LogP contribution in [0.15, 0.2) is 97.1 Å². The van der Waals surface area contributed by atoms with E-state index in [1.54, 1.807) is 36.1 Å². The molecule has 6 rings (SSSR count). The third kappa shape index (κ3) is 5.96. The molecule has 1 heterocycles. The lowest BCUT2D eigenvalue weighted by atomic mass is 9.85. The number of amides is 1. The minimum absolute atomic E-state index is 0. The molecule has 0 spiro atoms. The number of carbonyl (C=O) groups excluding carboxylic acids is 1. The van der Waals surface area contributed by atoms with Crippen LogP contribution in [0.3, 0.4) is 0 Å². The van der Waals surface area contributed by atoms with Gasteiger partial charge in [0.15, 0.2) is 0 Å². The highest BCUT2D eigenvalue weighted by molar-refractivity contribution is 5.82. The van der Waals surface area contributed by atoms with Crippen molar-refractivity contribution in [1.82, 2.24) is 9.80 Å². The standard InChI is InChI=1S/C35H32F4N2O.CH4/c1-23(34(42)41(22-27-13-5-9-17-32(27)36)28-20-25-11-2-3-12-26(25)21-28)40-19-18-24-10-4-6-14-29(24)33(40)30-15-7-8-16-31(30)35(37,38)39;/h2-17,23,28,33H,18-22H2,1H3;1H4/t23-,33+;/m0./s1. The summed E-state index contributed by atoms with van der Waals surface area (Å²) in [5, 5.41) is 0. The number of benzene rings is 4. The van der Waals surface area contributed by atoms with E-state index in [1.807, 2.05) is 41.3 Å². The van der Waals surface area contributed by atoms with Crippen molar-refractivity contribution in [2.45, 2.75) is 64.5 Å². The highest BCUT2D eigenvalue weighted by atomic mass is 19.4. The van der Waals surface area contributed by atoms with Gasteiger partial charge in [0.1, 0.15) is 5.82 Å². The molecular weight excluding hydrogens is 552 g/mol. The second kappa shape index (κ2) is 12.3. The zero-order valence-corrected chi connectivity index (χ0v) is 23.3. The Morgan fingerprint density at radius 3 is 2.05 bits per heavy atom.